The van der Waals surface area contributed by atoms with E-state index in [4.69, 9.17) is 4.74 Å². The second kappa shape index (κ2) is 4.70. The van der Waals surface area contributed by atoms with Crippen molar-refractivity contribution in [3.05, 3.63) is 0 Å². The molecule has 0 aromatic carbocycles. The van der Waals surface area contributed by atoms with Crippen LogP contribution >= 0.6 is 11.8 Å². The molecule has 0 N–H and O–H groups in total. The van der Waals surface area contributed by atoms with Crippen LogP contribution in [0.15, 0.2) is 0 Å². The Bertz CT molecular complexity index is 151. The maximum atomic E-state index is 5.54. The molecule has 1 aliphatic heterocycles. The molecule has 78 valence electrons. The van der Waals surface area contributed by atoms with Crippen molar-refractivity contribution < 1.29 is 4.74 Å². The van der Waals surface area contributed by atoms with E-state index in [1.165, 1.54) is 24.3 Å². The summed E-state index contributed by atoms with van der Waals surface area (Å²) in [7, 11) is 1.86. The Morgan fingerprint density at radius 1 is 1.38 bits per heavy atom. The lowest BCUT2D eigenvalue weighted by atomic mass is 9.82. The highest BCUT2D eigenvalue weighted by molar-refractivity contribution is 7.99. The van der Waals surface area contributed by atoms with E-state index in [-0.39, 0.29) is 0 Å². The minimum Gasteiger partial charge on any atom is -0.381 e. The first-order valence-corrected chi connectivity index (χ1v) is 6.29. The van der Waals surface area contributed by atoms with Crippen molar-refractivity contribution in [1.29, 1.82) is 0 Å². The van der Waals surface area contributed by atoms with Crippen LogP contribution in [-0.2, 0) is 4.74 Å². The van der Waals surface area contributed by atoms with Gasteiger partial charge in [-0.2, -0.15) is 11.8 Å². The lowest BCUT2D eigenvalue weighted by Crippen LogP contribution is -2.32. The van der Waals surface area contributed by atoms with Crippen LogP contribution in [0.3, 0.4) is 0 Å². The molecule has 0 amide bonds. The summed E-state index contributed by atoms with van der Waals surface area (Å²) in [5.74, 6) is 3.33. The van der Waals surface area contributed by atoms with Gasteiger partial charge in [0.05, 0.1) is 6.10 Å². The predicted octanol–water partition coefficient (Wildman–Crippen LogP) is 3.19. The fraction of sp³-hybridized carbons (Fsp3) is 1.00. The van der Waals surface area contributed by atoms with Gasteiger partial charge in [-0.15, -0.1) is 0 Å². The van der Waals surface area contributed by atoms with E-state index in [9.17, 15) is 0 Å². The fourth-order valence-electron chi connectivity index (χ4n) is 2.06. The third-order valence-corrected chi connectivity index (χ3v) is 3.77. The van der Waals surface area contributed by atoms with Crippen LogP contribution < -0.4 is 0 Å². The molecule has 0 radical (unpaired) electrons. The van der Waals surface area contributed by atoms with Gasteiger partial charge in [-0.05, 0) is 35.7 Å². The van der Waals surface area contributed by atoms with Crippen LogP contribution in [0.4, 0.5) is 0 Å². The van der Waals surface area contributed by atoms with Gasteiger partial charge in [0.25, 0.3) is 0 Å². The van der Waals surface area contributed by atoms with Crippen molar-refractivity contribution >= 4 is 11.8 Å². The fourth-order valence-corrected chi connectivity index (χ4v) is 3.27. The summed E-state index contributed by atoms with van der Waals surface area (Å²) in [6.07, 6.45) is 3.04. The van der Waals surface area contributed by atoms with Crippen LogP contribution in [0.25, 0.3) is 0 Å². The molecule has 1 rings (SSSR count). The van der Waals surface area contributed by atoms with E-state index in [1.54, 1.807) is 0 Å². The Morgan fingerprint density at radius 2 is 2.08 bits per heavy atom. The van der Waals surface area contributed by atoms with E-state index in [2.05, 4.69) is 32.5 Å². The first-order chi connectivity index (χ1) is 6.03. The highest BCUT2D eigenvalue weighted by atomic mass is 32.2. The van der Waals surface area contributed by atoms with Gasteiger partial charge < -0.3 is 4.74 Å². The highest BCUT2D eigenvalue weighted by Crippen LogP contribution is 2.34. The maximum absolute atomic E-state index is 5.54. The molecule has 2 heteroatoms. The molecule has 2 atom stereocenters. The first-order valence-electron chi connectivity index (χ1n) is 5.13. The number of hydrogen-bond donors (Lipinski definition) is 0. The molecular weight excluding hydrogens is 180 g/mol. The molecule has 0 bridgehead atoms. The normalized spacial score (nSPS) is 30.5. The number of hydrogen-bond acceptors (Lipinski definition) is 2. The number of ether oxygens (including phenoxy) is 1. The van der Waals surface area contributed by atoms with Gasteiger partial charge in [0.2, 0.25) is 0 Å². The molecule has 0 aliphatic carbocycles. The molecule has 1 nitrogen and oxygen atoms in total. The topological polar surface area (TPSA) is 9.23 Å². The largest absolute Gasteiger partial charge is 0.381 e. The van der Waals surface area contributed by atoms with Crippen LogP contribution in [0.5, 0.6) is 0 Å². The molecule has 1 heterocycles. The Kier molecular flexibility index (Phi) is 4.11. The average molecular weight is 202 g/mol. The Morgan fingerprint density at radius 3 is 2.62 bits per heavy atom. The van der Waals surface area contributed by atoms with E-state index >= 15 is 0 Å². The molecule has 1 fully saturated rings. The Balaban J connectivity index is 2.45. The number of thioether (sulfide) groups is 1. The van der Waals surface area contributed by atoms with Gasteiger partial charge in [-0.1, -0.05) is 20.8 Å². The zero-order valence-corrected chi connectivity index (χ0v) is 10.1. The summed E-state index contributed by atoms with van der Waals surface area (Å²) in [6, 6.07) is 0. The molecule has 2 unspecified atom stereocenters. The lowest BCUT2D eigenvalue weighted by molar-refractivity contribution is 0.0396. The van der Waals surface area contributed by atoms with E-state index in [1.807, 2.05) is 7.11 Å². The van der Waals surface area contributed by atoms with Crippen molar-refractivity contribution in [2.75, 3.05) is 18.6 Å². The summed E-state index contributed by atoms with van der Waals surface area (Å²) < 4.78 is 5.54. The van der Waals surface area contributed by atoms with E-state index < -0.39 is 0 Å². The molecule has 0 aromatic rings. The van der Waals surface area contributed by atoms with Gasteiger partial charge in [0, 0.05) is 7.11 Å². The monoisotopic (exact) mass is 202 g/mol. The van der Waals surface area contributed by atoms with E-state index in [0.717, 1.165) is 5.92 Å². The maximum Gasteiger partial charge on any atom is 0.0615 e. The second-order valence-corrected chi connectivity index (χ2v) is 6.31. The van der Waals surface area contributed by atoms with Crippen molar-refractivity contribution in [2.24, 2.45) is 11.3 Å². The molecular formula is C11H22OS. The molecule has 0 spiro atoms. The van der Waals surface area contributed by atoms with Crippen LogP contribution in [0.2, 0.25) is 0 Å². The van der Waals surface area contributed by atoms with Crippen LogP contribution in [0, 0.1) is 11.3 Å². The summed E-state index contributed by atoms with van der Waals surface area (Å²) in [5, 5.41) is 0. The minimum absolute atomic E-state index is 0.444. The lowest BCUT2D eigenvalue weighted by Gasteiger charge is -2.34. The average Bonchev–Trinajstić information content (AvgIpc) is 2.02. The third kappa shape index (κ3) is 3.90. The summed E-state index contributed by atoms with van der Waals surface area (Å²) in [4.78, 5) is 0. The van der Waals surface area contributed by atoms with Gasteiger partial charge in [0.1, 0.15) is 0 Å². The SMILES string of the molecule is COC1CCSCC1CC(C)(C)C. The molecule has 0 saturated carbocycles. The third-order valence-electron chi connectivity index (χ3n) is 2.58. The van der Waals surface area contributed by atoms with Crippen LogP contribution in [0.1, 0.15) is 33.6 Å². The minimum atomic E-state index is 0.444. The molecule has 1 aliphatic rings. The summed E-state index contributed by atoms with van der Waals surface area (Å²) in [6.45, 7) is 6.96. The van der Waals surface area contributed by atoms with Gasteiger partial charge in [-0.25, -0.2) is 0 Å². The summed E-state index contributed by atoms with van der Waals surface area (Å²) >= 11 is 2.08. The van der Waals surface area contributed by atoms with Crippen molar-refractivity contribution in [3.8, 4) is 0 Å². The highest BCUT2D eigenvalue weighted by Gasteiger charge is 2.28. The molecule has 1 saturated heterocycles. The van der Waals surface area contributed by atoms with Crippen molar-refractivity contribution in [1.82, 2.24) is 0 Å². The Labute approximate surface area is 86.6 Å². The van der Waals surface area contributed by atoms with E-state index in [0.29, 0.717) is 11.5 Å². The first kappa shape index (κ1) is 11.4. The second-order valence-electron chi connectivity index (χ2n) is 5.16. The van der Waals surface area contributed by atoms with Gasteiger partial charge in [-0.3, -0.25) is 0 Å². The van der Waals surface area contributed by atoms with Gasteiger partial charge in [0.15, 0.2) is 0 Å². The predicted molar refractivity (Wildman–Crippen MR) is 60.3 cm³/mol. The smallest absolute Gasteiger partial charge is 0.0615 e. The molecule has 13 heavy (non-hydrogen) atoms. The zero-order valence-electron chi connectivity index (χ0n) is 9.30. The van der Waals surface area contributed by atoms with Crippen LogP contribution in [-0.4, -0.2) is 24.7 Å². The quantitative estimate of drug-likeness (QED) is 0.680. The van der Waals surface area contributed by atoms with Gasteiger partial charge >= 0.3 is 0 Å². The van der Waals surface area contributed by atoms with Crippen molar-refractivity contribution in [3.63, 3.8) is 0 Å². The summed E-state index contributed by atoms with van der Waals surface area (Å²) in [5.41, 5.74) is 0.444. The number of methoxy groups -OCH3 is 1. The molecule has 0 aromatic heterocycles. The standard InChI is InChI=1S/C11H22OS/c1-11(2,3)7-9-8-13-6-5-10(9)12-4/h9-10H,5-8H2,1-4H3. The zero-order chi connectivity index (χ0) is 9.90. The number of rotatable bonds is 2. The van der Waals surface area contributed by atoms with Crippen molar-refractivity contribution in [2.45, 2.75) is 39.7 Å². The Hall–Kier alpha value is 0.310.